The number of pyridine rings is 1. The summed E-state index contributed by atoms with van der Waals surface area (Å²) < 4.78 is 6.38. The molecular weight excluding hydrogens is 348 g/mol. The summed E-state index contributed by atoms with van der Waals surface area (Å²) in [7, 11) is 1.62. The van der Waals surface area contributed by atoms with E-state index in [2.05, 4.69) is 16.4 Å². The quantitative estimate of drug-likeness (QED) is 0.724. The Labute approximate surface area is 154 Å². The third-order valence-electron chi connectivity index (χ3n) is 4.74. The van der Waals surface area contributed by atoms with Crippen LogP contribution in [-0.2, 0) is 4.79 Å². The van der Waals surface area contributed by atoms with Crippen molar-refractivity contribution < 1.29 is 9.53 Å². The summed E-state index contributed by atoms with van der Waals surface area (Å²) in [5.41, 5.74) is 9.82. The standard InChI is InChI=1S/C19H16N4O2S/c1-9-12(8-20)18(21)23-16-15-11(10-5-3-4-6-13(10)25-2)7-14(24)22-19(15)26-17(9)16/h3-6,11H,7H2,1-2H3,(H2,21,23)(H,22,24)/t11-/m1/s1. The summed E-state index contributed by atoms with van der Waals surface area (Å²) in [6.45, 7) is 1.86. The number of nitrogens with zero attached hydrogens (tertiary/aromatic N) is 2. The Kier molecular flexibility index (Phi) is 3.78. The van der Waals surface area contributed by atoms with Crippen LogP contribution < -0.4 is 15.8 Å². The number of benzene rings is 1. The van der Waals surface area contributed by atoms with E-state index in [4.69, 9.17) is 10.5 Å². The highest BCUT2D eigenvalue weighted by molar-refractivity contribution is 7.23. The molecule has 0 bridgehead atoms. The van der Waals surface area contributed by atoms with E-state index in [-0.39, 0.29) is 17.6 Å². The average Bonchev–Trinajstić information content (AvgIpc) is 2.99. The van der Waals surface area contributed by atoms with Gasteiger partial charge in [-0.05, 0) is 18.6 Å². The molecule has 7 heteroatoms. The summed E-state index contributed by atoms with van der Waals surface area (Å²) in [4.78, 5) is 16.8. The number of para-hydroxylation sites is 1. The molecule has 1 aromatic carbocycles. The van der Waals surface area contributed by atoms with Crippen molar-refractivity contribution in [3.05, 3.63) is 46.5 Å². The number of aryl methyl sites for hydroxylation is 1. The number of carbonyl (C=O) groups excluding carboxylic acids is 1. The van der Waals surface area contributed by atoms with Crippen molar-refractivity contribution in [3.63, 3.8) is 0 Å². The summed E-state index contributed by atoms with van der Waals surface area (Å²) in [5.74, 6) is 0.721. The Balaban J connectivity index is 2.03. The lowest BCUT2D eigenvalue weighted by atomic mass is 9.86. The van der Waals surface area contributed by atoms with Gasteiger partial charge in [0.2, 0.25) is 5.91 Å². The highest BCUT2D eigenvalue weighted by atomic mass is 32.1. The zero-order valence-electron chi connectivity index (χ0n) is 14.3. The van der Waals surface area contributed by atoms with Gasteiger partial charge in [-0.25, -0.2) is 4.98 Å². The maximum atomic E-state index is 12.3. The Morgan fingerprint density at radius 1 is 1.42 bits per heavy atom. The summed E-state index contributed by atoms with van der Waals surface area (Å²) in [6.07, 6.45) is 0.305. The van der Waals surface area contributed by atoms with E-state index >= 15 is 0 Å². The molecule has 130 valence electrons. The lowest BCUT2D eigenvalue weighted by Crippen LogP contribution is -2.22. The number of carbonyl (C=O) groups is 1. The molecule has 4 rings (SSSR count). The molecular formula is C19H16N4O2S. The number of hydrogen-bond acceptors (Lipinski definition) is 6. The maximum absolute atomic E-state index is 12.3. The largest absolute Gasteiger partial charge is 0.496 e. The number of nitrogens with two attached hydrogens (primary N) is 1. The number of rotatable bonds is 2. The zero-order valence-corrected chi connectivity index (χ0v) is 15.1. The Hall–Kier alpha value is -3.11. The highest BCUT2D eigenvalue weighted by Gasteiger charge is 2.33. The van der Waals surface area contributed by atoms with Crippen LogP contribution in [0.1, 0.15) is 34.6 Å². The van der Waals surface area contributed by atoms with E-state index < -0.39 is 0 Å². The predicted molar refractivity (Wildman–Crippen MR) is 102 cm³/mol. The first-order valence-electron chi connectivity index (χ1n) is 8.10. The number of nitrogens with one attached hydrogen (secondary N) is 1. The molecule has 2 aromatic heterocycles. The first-order valence-corrected chi connectivity index (χ1v) is 8.92. The maximum Gasteiger partial charge on any atom is 0.225 e. The molecule has 6 nitrogen and oxygen atoms in total. The third kappa shape index (κ3) is 2.30. The van der Waals surface area contributed by atoms with E-state index in [1.54, 1.807) is 7.11 Å². The molecule has 0 saturated carbocycles. The molecule has 3 aromatic rings. The van der Waals surface area contributed by atoms with Crippen LogP contribution in [0, 0.1) is 18.3 Å². The van der Waals surface area contributed by atoms with Gasteiger partial charge in [0.1, 0.15) is 22.6 Å². The Morgan fingerprint density at radius 3 is 2.92 bits per heavy atom. The lowest BCUT2D eigenvalue weighted by molar-refractivity contribution is -0.116. The van der Waals surface area contributed by atoms with Gasteiger partial charge in [-0.15, -0.1) is 11.3 Å². The van der Waals surface area contributed by atoms with Crippen LogP contribution in [0.5, 0.6) is 5.75 Å². The molecule has 0 radical (unpaired) electrons. The fourth-order valence-corrected chi connectivity index (χ4v) is 4.75. The van der Waals surface area contributed by atoms with Crippen molar-refractivity contribution in [1.82, 2.24) is 4.98 Å². The lowest BCUT2D eigenvalue weighted by Gasteiger charge is -2.24. The first kappa shape index (κ1) is 16.4. The topological polar surface area (TPSA) is 101 Å². The van der Waals surface area contributed by atoms with Gasteiger partial charge in [-0.3, -0.25) is 4.79 Å². The molecule has 0 saturated heterocycles. The fraction of sp³-hybridized carbons (Fsp3) is 0.211. The van der Waals surface area contributed by atoms with Crippen LogP contribution >= 0.6 is 11.3 Å². The molecule has 26 heavy (non-hydrogen) atoms. The van der Waals surface area contributed by atoms with Crippen LogP contribution in [-0.4, -0.2) is 18.0 Å². The van der Waals surface area contributed by atoms with Gasteiger partial charge < -0.3 is 15.8 Å². The van der Waals surface area contributed by atoms with Crippen molar-refractivity contribution in [1.29, 1.82) is 5.26 Å². The number of ether oxygens (including phenoxy) is 1. The number of methoxy groups -OCH3 is 1. The Morgan fingerprint density at radius 2 is 2.19 bits per heavy atom. The summed E-state index contributed by atoms with van der Waals surface area (Å²) in [6, 6.07) is 9.80. The molecule has 1 atom stereocenters. The van der Waals surface area contributed by atoms with E-state index in [1.807, 2.05) is 31.2 Å². The first-order chi connectivity index (χ1) is 12.5. The van der Waals surface area contributed by atoms with Crippen molar-refractivity contribution in [2.75, 3.05) is 18.2 Å². The number of anilines is 2. The number of amides is 1. The summed E-state index contributed by atoms with van der Waals surface area (Å²) in [5, 5.41) is 13.1. The number of aromatic nitrogens is 1. The minimum atomic E-state index is -0.178. The van der Waals surface area contributed by atoms with Gasteiger partial charge in [0.05, 0.1) is 22.9 Å². The van der Waals surface area contributed by atoms with Crippen molar-refractivity contribution >= 4 is 38.3 Å². The number of nitriles is 1. The van der Waals surface area contributed by atoms with Crippen molar-refractivity contribution in [2.24, 2.45) is 0 Å². The van der Waals surface area contributed by atoms with E-state index in [9.17, 15) is 10.1 Å². The summed E-state index contributed by atoms with van der Waals surface area (Å²) >= 11 is 1.44. The minimum Gasteiger partial charge on any atom is -0.496 e. The van der Waals surface area contributed by atoms with E-state index in [0.717, 1.165) is 37.7 Å². The normalized spacial score (nSPS) is 16.0. The third-order valence-corrected chi connectivity index (χ3v) is 5.97. The molecule has 0 fully saturated rings. The molecule has 1 aliphatic rings. The predicted octanol–water partition coefficient (Wildman–Crippen LogP) is 3.54. The van der Waals surface area contributed by atoms with Gasteiger partial charge in [-0.1, -0.05) is 18.2 Å². The van der Waals surface area contributed by atoms with Gasteiger partial charge in [0, 0.05) is 23.5 Å². The van der Waals surface area contributed by atoms with Gasteiger partial charge >= 0.3 is 0 Å². The van der Waals surface area contributed by atoms with Crippen molar-refractivity contribution in [2.45, 2.75) is 19.3 Å². The SMILES string of the molecule is COc1ccccc1[C@H]1CC(=O)Nc2sc3c(C)c(C#N)c(N)nc3c21. The van der Waals surface area contributed by atoms with Crippen LogP contribution in [0.15, 0.2) is 24.3 Å². The number of thiophene rings is 1. The number of fused-ring (bicyclic) bond motifs is 3. The molecule has 3 N–H and O–H groups in total. The molecule has 1 amide bonds. The van der Waals surface area contributed by atoms with Gasteiger partial charge in [0.15, 0.2) is 0 Å². The average molecular weight is 364 g/mol. The molecule has 3 heterocycles. The monoisotopic (exact) mass is 364 g/mol. The molecule has 0 spiro atoms. The number of nitrogen functional groups attached to an aromatic ring is 1. The fourth-order valence-electron chi connectivity index (χ4n) is 3.52. The van der Waals surface area contributed by atoms with Crippen LogP contribution in [0.25, 0.3) is 10.2 Å². The van der Waals surface area contributed by atoms with Crippen LogP contribution in [0.3, 0.4) is 0 Å². The molecule has 0 aliphatic carbocycles. The van der Waals surface area contributed by atoms with E-state index in [0.29, 0.717) is 12.0 Å². The van der Waals surface area contributed by atoms with Gasteiger partial charge in [0.25, 0.3) is 0 Å². The second-order valence-corrected chi connectivity index (χ2v) is 7.20. The smallest absolute Gasteiger partial charge is 0.225 e. The van der Waals surface area contributed by atoms with Crippen molar-refractivity contribution in [3.8, 4) is 11.8 Å². The number of hydrogen-bond donors (Lipinski definition) is 2. The highest BCUT2D eigenvalue weighted by Crippen LogP contribution is 2.49. The minimum absolute atomic E-state index is 0.0499. The van der Waals surface area contributed by atoms with Crippen LogP contribution in [0.4, 0.5) is 10.8 Å². The molecule has 1 aliphatic heterocycles. The second-order valence-electron chi connectivity index (χ2n) is 6.18. The van der Waals surface area contributed by atoms with Gasteiger partial charge in [-0.2, -0.15) is 5.26 Å². The van der Waals surface area contributed by atoms with E-state index in [1.165, 1.54) is 11.3 Å². The van der Waals surface area contributed by atoms with Crippen LogP contribution in [0.2, 0.25) is 0 Å². The zero-order chi connectivity index (χ0) is 18.4. The molecule has 0 unspecified atom stereocenters. The second kappa shape index (κ2) is 6.00. The Bertz CT molecular complexity index is 1100.